The lowest BCUT2D eigenvalue weighted by molar-refractivity contribution is 0.102. The van der Waals surface area contributed by atoms with Crippen molar-refractivity contribution in [2.75, 3.05) is 14.1 Å². The van der Waals surface area contributed by atoms with Gasteiger partial charge in [0, 0.05) is 42.7 Å². The Morgan fingerprint density at radius 2 is 2.03 bits per heavy atom. The number of hydrogen-bond acceptors (Lipinski definition) is 5. The van der Waals surface area contributed by atoms with Gasteiger partial charge in [-0.15, -0.1) is 0 Å². The van der Waals surface area contributed by atoms with Gasteiger partial charge in [0.05, 0.1) is 5.56 Å². The molecule has 4 rings (SSSR count). The third-order valence-electron chi connectivity index (χ3n) is 5.78. The van der Waals surface area contributed by atoms with Crippen molar-refractivity contribution in [1.29, 1.82) is 0 Å². The van der Waals surface area contributed by atoms with Crippen LogP contribution in [0.2, 0.25) is 0 Å². The van der Waals surface area contributed by atoms with Crippen molar-refractivity contribution >= 4 is 17.6 Å². The second-order valence-corrected chi connectivity index (χ2v) is 7.92. The first kappa shape index (κ1) is 21.6. The summed E-state index contributed by atoms with van der Waals surface area (Å²) in [4.78, 5) is 26.6. The van der Waals surface area contributed by atoms with Gasteiger partial charge in [-0.25, -0.2) is 8.78 Å². The van der Waals surface area contributed by atoms with E-state index in [1.54, 1.807) is 6.07 Å². The molecule has 1 atom stereocenters. The molecule has 0 saturated heterocycles. The number of likely N-dealkylation sites (N-methyl/N-ethyl adjacent to an activating group) is 1. The molecule has 1 unspecified atom stereocenters. The monoisotopic (exact) mass is 435 g/mol. The van der Waals surface area contributed by atoms with E-state index < -0.39 is 23.0 Å². The minimum Gasteiger partial charge on any atom is -0.367 e. The third kappa shape index (κ3) is 3.65. The maximum absolute atomic E-state index is 14.6. The first-order chi connectivity index (χ1) is 15.3. The highest BCUT2D eigenvalue weighted by Gasteiger charge is 2.34. The van der Waals surface area contributed by atoms with Gasteiger partial charge in [0.1, 0.15) is 24.1 Å². The largest absolute Gasteiger partial charge is 0.367 e. The second kappa shape index (κ2) is 8.51. The predicted octanol–water partition coefficient (Wildman–Crippen LogP) is 3.71. The maximum atomic E-state index is 14.6. The van der Waals surface area contributed by atoms with Crippen LogP contribution < -0.4 is 10.6 Å². The Morgan fingerprint density at radius 3 is 2.75 bits per heavy atom. The summed E-state index contributed by atoms with van der Waals surface area (Å²) in [6.45, 7) is 2.06. The lowest BCUT2D eigenvalue weighted by atomic mass is 9.90. The highest BCUT2D eigenvalue weighted by atomic mass is 19.1. The number of rotatable bonds is 6. The van der Waals surface area contributed by atoms with Gasteiger partial charge in [0.15, 0.2) is 0 Å². The van der Waals surface area contributed by atoms with Gasteiger partial charge < -0.3 is 15.5 Å². The van der Waals surface area contributed by atoms with Crippen molar-refractivity contribution in [2.24, 2.45) is 0 Å². The van der Waals surface area contributed by atoms with Crippen molar-refractivity contribution < 1.29 is 18.4 Å². The molecule has 2 N–H and O–H groups in total. The Morgan fingerprint density at radius 1 is 1.25 bits per heavy atom. The molecule has 5 nitrogen and oxygen atoms in total. The van der Waals surface area contributed by atoms with E-state index in [4.69, 9.17) is 0 Å². The van der Waals surface area contributed by atoms with E-state index in [0.29, 0.717) is 17.7 Å². The molecule has 2 aliphatic rings. The molecule has 0 aliphatic carbocycles. The number of Topliss-reactive ketones (excluding diaryl/α,β-unsaturated/α-hetero) is 1. The number of aldehydes is 1. The molecule has 0 radical (unpaired) electrons. The Bertz CT molecular complexity index is 1210. The van der Waals surface area contributed by atoms with Crippen molar-refractivity contribution in [1.82, 2.24) is 15.5 Å². The summed E-state index contributed by atoms with van der Waals surface area (Å²) >= 11 is 0. The van der Waals surface area contributed by atoms with Crippen molar-refractivity contribution in [3.05, 3.63) is 99.4 Å². The van der Waals surface area contributed by atoms with E-state index in [1.807, 2.05) is 43.4 Å². The summed E-state index contributed by atoms with van der Waals surface area (Å²) in [5.74, 6) is -2.45. The van der Waals surface area contributed by atoms with Crippen LogP contribution in [0.4, 0.5) is 8.78 Å². The summed E-state index contributed by atoms with van der Waals surface area (Å²) < 4.78 is 29.0. The van der Waals surface area contributed by atoms with Crippen LogP contribution in [0.1, 0.15) is 37.4 Å². The molecule has 2 aromatic rings. The van der Waals surface area contributed by atoms with E-state index in [1.165, 1.54) is 19.2 Å². The quantitative estimate of drug-likeness (QED) is 0.535. The Hall–Kier alpha value is -3.58. The van der Waals surface area contributed by atoms with Crippen LogP contribution in [0.5, 0.6) is 0 Å². The maximum Gasteiger partial charge on any atom is 0.200 e. The minimum atomic E-state index is -0.890. The summed E-state index contributed by atoms with van der Waals surface area (Å²) in [6, 6.07) is 8.00. The molecule has 0 aromatic heterocycles. The van der Waals surface area contributed by atoms with Crippen LogP contribution >= 0.6 is 0 Å². The predicted molar refractivity (Wildman–Crippen MR) is 119 cm³/mol. The van der Waals surface area contributed by atoms with E-state index in [0.717, 1.165) is 29.1 Å². The molecular formula is C25H23F2N3O2. The van der Waals surface area contributed by atoms with Crippen LogP contribution in [0.3, 0.4) is 0 Å². The number of aryl methyl sites for hydroxylation is 1. The topological polar surface area (TPSA) is 61.4 Å². The zero-order chi connectivity index (χ0) is 23.0. The third-order valence-corrected chi connectivity index (χ3v) is 5.78. The fourth-order valence-corrected chi connectivity index (χ4v) is 4.06. The highest BCUT2D eigenvalue weighted by Crippen LogP contribution is 2.35. The fourth-order valence-electron chi connectivity index (χ4n) is 4.06. The highest BCUT2D eigenvalue weighted by molar-refractivity contribution is 6.13. The minimum absolute atomic E-state index is 0.205. The molecule has 2 aromatic carbocycles. The van der Waals surface area contributed by atoms with Gasteiger partial charge in [-0.3, -0.25) is 9.59 Å². The smallest absolute Gasteiger partial charge is 0.200 e. The SMILES string of the molecule is CNCc1ccc(C2=CN(C)C3NC=C(C(=O)c4c(F)ccc(C)c4F)C3=C2)cc1C=O. The Labute approximate surface area is 185 Å². The molecule has 7 heteroatoms. The first-order valence-corrected chi connectivity index (χ1v) is 10.2. The molecule has 2 aliphatic heterocycles. The van der Waals surface area contributed by atoms with Gasteiger partial charge in [-0.05, 0) is 54.4 Å². The normalized spacial score (nSPS) is 17.2. The molecular weight excluding hydrogens is 412 g/mol. The van der Waals surface area contributed by atoms with Crippen LogP contribution in [-0.2, 0) is 6.54 Å². The molecule has 0 spiro atoms. The first-order valence-electron chi connectivity index (χ1n) is 10.2. The summed E-state index contributed by atoms with van der Waals surface area (Å²) in [7, 11) is 3.65. The molecule has 0 bridgehead atoms. The number of nitrogens with zero attached hydrogens (tertiary/aromatic N) is 1. The van der Waals surface area contributed by atoms with Gasteiger partial charge in [0.2, 0.25) is 5.78 Å². The number of carbonyl (C=O) groups excluding carboxylic acids is 2. The van der Waals surface area contributed by atoms with Crippen LogP contribution in [0.25, 0.3) is 5.57 Å². The molecule has 164 valence electrons. The van der Waals surface area contributed by atoms with Gasteiger partial charge >= 0.3 is 0 Å². The summed E-state index contributed by atoms with van der Waals surface area (Å²) in [5, 5.41) is 6.14. The van der Waals surface area contributed by atoms with Crippen LogP contribution in [0.15, 0.2) is 60.0 Å². The lowest BCUT2D eigenvalue weighted by Crippen LogP contribution is -2.38. The number of allylic oxidation sites excluding steroid dienone is 2. The second-order valence-electron chi connectivity index (χ2n) is 7.92. The van der Waals surface area contributed by atoms with Gasteiger partial charge in [-0.2, -0.15) is 0 Å². The number of benzene rings is 2. The number of ketones is 1. The molecule has 0 fully saturated rings. The Kier molecular flexibility index (Phi) is 5.76. The average Bonchev–Trinajstić information content (AvgIpc) is 3.21. The zero-order valence-electron chi connectivity index (χ0n) is 18.0. The zero-order valence-corrected chi connectivity index (χ0v) is 18.0. The van der Waals surface area contributed by atoms with Crippen molar-refractivity contribution in [2.45, 2.75) is 19.6 Å². The van der Waals surface area contributed by atoms with Gasteiger partial charge in [-0.1, -0.05) is 18.2 Å². The number of hydrogen-bond donors (Lipinski definition) is 2. The fraction of sp³-hybridized carbons (Fsp3) is 0.200. The van der Waals surface area contributed by atoms with E-state index >= 15 is 0 Å². The number of carbonyl (C=O) groups is 2. The molecule has 0 amide bonds. The van der Waals surface area contributed by atoms with Crippen LogP contribution in [-0.4, -0.2) is 37.2 Å². The van der Waals surface area contributed by atoms with Crippen LogP contribution in [0, 0.1) is 18.6 Å². The van der Waals surface area contributed by atoms with E-state index in [-0.39, 0.29) is 17.3 Å². The summed E-state index contributed by atoms with van der Waals surface area (Å²) in [5.41, 5.74) is 3.50. The number of nitrogens with one attached hydrogen (secondary N) is 2. The average molecular weight is 435 g/mol. The van der Waals surface area contributed by atoms with E-state index in [9.17, 15) is 18.4 Å². The molecule has 0 saturated carbocycles. The lowest BCUT2D eigenvalue weighted by Gasteiger charge is -2.30. The summed E-state index contributed by atoms with van der Waals surface area (Å²) in [6.07, 6.45) is 5.71. The van der Waals surface area contributed by atoms with Crippen molar-refractivity contribution in [3.63, 3.8) is 0 Å². The Balaban J connectivity index is 1.73. The van der Waals surface area contributed by atoms with Crippen molar-refractivity contribution in [3.8, 4) is 0 Å². The number of halogens is 2. The number of fused-ring (bicyclic) bond motifs is 1. The standard InChI is InChI=1S/C25H23F2N3O2/c1-14-4-7-21(26)22(23(14)27)24(32)20-11-29-25-19(20)9-17(12-30(25)3)15-5-6-16(10-28-2)18(8-15)13-31/h4-9,11-13,25,28-29H,10H2,1-3H3. The molecule has 2 heterocycles. The van der Waals surface area contributed by atoms with Gasteiger partial charge in [0.25, 0.3) is 0 Å². The van der Waals surface area contributed by atoms with E-state index in [2.05, 4.69) is 10.6 Å². The molecule has 32 heavy (non-hydrogen) atoms.